The van der Waals surface area contributed by atoms with E-state index in [4.69, 9.17) is 4.74 Å². The molecule has 0 unspecified atom stereocenters. The second-order valence-electron chi connectivity index (χ2n) is 6.39. The first-order valence-electron chi connectivity index (χ1n) is 9.15. The normalized spacial score (nSPS) is 14.8. The summed E-state index contributed by atoms with van der Waals surface area (Å²) in [4.78, 5) is 37.1. The molecule has 28 heavy (non-hydrogen) atoms. The van der Waals surface area contributed by atoms with Crippen LogP contribution < -0.4 is 10.6 Å². The van der Waals surface area contributed by atoms with Gasteiger partial charge in [0.25, 0.3) is 5.91 Å². The topological polar surface area (TPSA) is 112 Å². The molecule has 0 aromatic heterocycles. The number of hydrogen-bond acceptors (Lipinski definition) is 6. The van der Waals surface area contributed by atoms with E-state index < -0.39 is 5.91 Å². The van der Waals surface area contributed by atoms with E-state index in [9.17, 15) is 19.6 Å². The van der Waals surface area contributed by atoms with Gasteiger partial charge in [-0.3, -0.25) is 9.59 Å². The maximum atomic E-state index is 12.3. The van der Waals surface area contributed by atoms with Gasteiger partial charge in [-0.25, -0.2) is 4.79 Å². The van der Waals surface area contributed by atoms with E-state index in [1.54, 1.807) is 36.1 Å². The SMILES string of the molecule is CCOC(=O)N1CCC(N/C=C(/C#N)C(=O)Nc2cccc(C(C)=O)c2)CC1. The van der Waals surface area contributed by atoms with Crippen molar-refractivity contribution in [2.45, 2.75) is 32.7 Å². The zero-order valence-electron chi connectivity index (χ0n) is 16.0. The van der Waals surface area contributed by atoms with E-state index in [1.165, 1.54) is 13.1 Å². The lowest BCUT2D eigenvalue weighted by molar-refractivity contribution is -0.112. The molecular formula is C20H24N4O4. The van der Waals surface area contributed by atoms with Crippen LogP contribution in [0.1, 0.15) is 37.0 Å². The molecule has 1 aromatic carbocycles. The Morgan fingerprint density at radius 1 is 1.32 bits per heavy atom. The number of benzene rings is 1. The van der Waals surface area contributed by atoms with Gasteiger partial charge in [0.1, 0.15) is 11.6 Å². The van der Waals surface area contributed by atoms with Crippen molar-refractivity contribution in [1.82, 2.24) is 10.2 Å². The number of nitrogens with zero attached hydrogens (tertiary/aromatic N) is 2. The number of ketones is 1. The van der Waals surface area contributed by atoms with E-state index in [1.807, 2.05) is 6.07 Å². The lowest BCUT2D eigenvalue weighted by Gasteiger charge is -2.31. The Hall–Kier alpha value is -3.34. The van der Waals surface area contributed by atoms with Gasteiger partial charge in [0.15, 0.2) is 5.78 Å². The van der Waals surface area contributed by atoms with Crippen molar-refractivity contribution in [3.05, 3.63) is 41.6 Å². The molecule has 2 rings (SSSR count). The minimum absolute atomic E-state index is 0.0582. The Morgan fingerprint density at radius 2 is 2.04 bits per heavy atom. The fourth-order valence-corrected chi connectivity index (χ4v) is 2.81. The maximum Gasteiger partial charge on any atom is 0.409 e. The fourth-order valence-electron chi connectivity index (χ4n) is 2.81. The average Bonchev–Trinajstić information content (AvgIpc) is 2.69. The van der Waals surface area contributed by atoms with Crippen molar-refractivity contribution < 1.29 is 19.1 Å². The number of anilines is 1. The third-order valence-electron chi connectivity index (χ3n) is 4.38. The molecule has 1 saturated heterocycles. The third-order valence-corrected chi connectivity index (χ3v) is 4.38. The molecular weight excluding hydrogens is 360 g/mol. The van der Waals surface area contributed by atoms with Crippen LogP contribution in [0.15, 0.2) is 36.0 Å². The first-order valence-corrected chi connectivity index (χ1v) is 9.15. The molecule has 0 saturated carbocycles. The summed E-state index contributed by atoms with van der Waals surface area (Å²) in [5.74, 6) is -0.664. The molecule has 1 aliphatic heterocycles. The van der Waals surface area contributed by atoms with Gasteiger partial charge in [-0.2, -0.15) is 5.26 Å². The molecule has 8 nitrogen and oxygen atoms in total. The van der Waals surface area contributed by atoms with Gasteiger partial charge >= 0.3 is 6.09 Å². The number of nitrogens with one attached hydrogen (secondary N) is 2. The number of piperidine rings is 1. The number of nitriles is 1. The van der Waals surface area contributed by atoms with Crippen LogP contribution in [0.4, 0.5) is 10.5 Å². The smallest absolute Gasteiger partial charge is 0.409 e. The number of carbonyl (C=O) groups is 3. The molecule has 2 amide bonds. The van der Waals surface area contributed by atoms with Crippen LogP contribution in [-0.4, -0.2) is 48.4 Å². The number of ether oxygens (including phenoxy) is 1. The number of hydrogen-bond donors (Lipinski definition) is 2. The fraction of sp³-hybridized carbons (Fsp3) is 0.400. The van der Waals surface area contributed by atoms with E-state index in [0.29, 0.717) is 43.8 Å². The van der Waals surface area contributed by atoms with Gasteiger partial charge in [0.05, 0.1) is 6.61 Å². The predicted molar refractivity (Wildman–Crippen MR) is 104 cm³/mol. The summed E-state index contributed by atoms with van der Waals surface area (Å²) >= 11 is 0. The number of amides is 2. The summed E-state index contributed by atoms with van der Waals surface area (Å²) in [5.41, 5.74) is 0.856. The minimum atomic E-state index is -0.556. The minimum Gasteiger partial charge on any atom is -0.450 e. The standard InChI is InChI=1S/C20H24N4O4/c1-3-28-20(27)24-9-7-17(8-10-24)22-13-16(12-21)19(26)23-18-6-4-5-15(11-18)14(2)25/h4-6,11,13,17,22H,3,7-10H2,1-2H3,(H,23,26)/b16-13-. The molecule has 1 aliphatic rings. The van der Waals surface area contributed by atoms with Crippen molar-refractivity contribution in [2.24, 2.45) is 0 Å². The monoisotopic (exact) mass is 384 g/mol. The van der Waals surface area contributed by atoms with Crippen LogP contribution in [0.5, 0.6) is 0 Å². The van der Waals surface area contributed by atoms with Crippen LogP contribution >= 0.6 is 0 Å². The van der Waals surface area contributed by atoms with Gasteiger partial charge in [-0.15, -0.1) is 0 Å². The van der Waals surface area contributed by atoms with Gasteiger partial charge in [-0.1, -0.05) is 12.1 Å². The van der Waals surface area contributed by atoms with Gasteiger partial charge in [0.2, 0.25) is 0 Å². The molecule has 148 valence electrons. The van der Waals surface area contributed by atoms with Crippen LogP contribution in [0, 0.1) is 11.3 Å². The zero-order valence-corrected chi connectivity index (χ0v) is 16.0. The largest absolute Gasteiger partial charge is 0.450 e. The zero-order chi connectivity index (χ0) is 20.5. The Labute approximate surface area is 164 Å². The summed E-state index contributed by atoms with van der Waals surface area (Å²) in [7, 11) is 0. The summed E-state index contributed by atoms with van der Waals surface area (Å²) in [6.45, 7) is 4.66. The molecule has 0 radical (unpaired) electrons. The second kappa shape index (κ2) is 10.1. The van der Waals surface area contributed by atoms with Crippen LogP contribution in [-0.2, 0) is 9.53 Å². The number of carbonyl (C=O) groups excluding carboxylic acids is 3. The quantitative estimate of drug-likeness (QED) is 0.443. The summed E-state index contributed by atoms with van der Waals surface area (Å²) < 4.78 is 4.98. The molecule has 0 aliphatic carbocycles. The van der Waals surface area contributed by atoms with Crippen LogP contribution in [0.2, 0.25) is 0 Å². The van der Waals surface area contributed by atoms with E-state index in [-0.39, 0.29) is 23.5 Å². The molecule has 1 heterocycles. The van der Waals surface area contributed by atoms with Gasteiger partial charge in [0, 0.05) is 36.6 Å². The highest BCUT2D eigenvalue weighted by Gasteiger charge is 2.23. The van der Waals surface area contributed by atoms with E-state index >= 15 is 0 Å². The Kier molecular flexibility index (Phi) is 7.57. The van der Waals surface area contributed by atoms with Crippen LogP contribution in [0.3, 0.4) is 0 Å². The Balaban J connectivity index is 1.91. The molecule has 0 bridgehead atoms. The molecule has 8 heteroatoms. The van der Waals surface area contributed by atoms with Crippen molar-refractivity contribution in [3.63, 3.8) is 0 Å². The molecule has 0 spiro atoms. The van der Waals surface area contributed by atoms with Crippen molar-refractivity contribution >= 4 is 23.5 Å². The lowest BCUT2D eigenvalue weighted by Crippen LogP contribution is -2.44. The van der Waals surface area contributed by atoms with E-state index in [0.717, 1.165) is 0 Å². The first-order chi connectivity index (χ1) is 13.4. The Morgan fingerprint density at radius 3 is 2.64 bits per heavy atom. The molecule has 0 atom stereocenters. The average molecular weight is 384 g/mol. The summed E-state index contributed by atoms with van der Waals surface area (Å²) in [5, 5.41) is 15.0. The highest BCUT2D eigenvalue weighted by molar-refractivity contribution is 6.07. The number of likely N-dealkylation sites (tertiary alicyclic amines) is 1. The van der Waals surface area contributed by atoms with Crippen molar-refractivity contribution in [1.29, 1.82) is 5.26 Å². The Bertz CT molecular complexity index is 805. The molecule has 1 aromatic rings. The van der Waals surface area contributed by atoms with Crippen molar-refractivity contribution in [2.75, 3.05) is 25.0 Å². The molecule has 2 N–H and O–H groups in total. The second-order valence-corrected chi connectivity index (χ2v) is 6.39. The lowest BCUT2D eigenvalue weighted by atomic mass is 10.1. The summed E-state index contributed by atoms with van der Waals surface area (Å²) in [6, 6.07) is 8.47. The van der Waals surface area contributed by atoms with Crippen molar-refractivity contribution in [3.8, 4) is 6.07 Å². The summed E-state index contributed by atoms with van der Waals surface area (Å²) in [6.07, 6.45) is 2.46. The van der Waals surface area contributed by atoms with Crippen LogP contribution in [0.25, 0.3) is 0 Å². The van der Waals surface area contributed by atoms with Gasteiger partial charge < -0.3 is 20.3 Å². The predicted octanol–water partition coefficient (Wildman–Crippen LogP) is 2.45. The number of rotatable bonds is 6. The third kappa shape index (κ3) is 5.84. The highest BCUT2D eigenvalue weighted by atomic mass is 16.6. The van der Waals surface area contributed by atoms with E-state index in [2.05, 4.69) is 10.6 Å². The molecule has 1 fully saturated rings. The van der Waals surface area contributed by atoms with Gasteiger partial charge in [-0.05, 0) is 38.8 Å². The first kappa shape index (κ1) is 21.0. The number of Topliss-reactive ketones (excluding diaryl/α,β-unsaturated/α-hetero) is 1. The highest BCUT2D eigenvalue weighted by Crippen LogP contribution is 2.14. The maximum absolute atomic E-state index is 12.3.